The number of rotatable bonds is 7. The van der Waals surface area contributed by atoms with Gasteiger partial charge in [0.25, 0.3) is 0 Å². The molecule has 0 aliphatic rings. The SMILES string of the molecule is CN=C(NCCc1ncc(C)s1)NCC(C)Oc1ccccc1Cl.I. The quantitative estimate of drug-likeness (QED) is 0.348. The number of thiazole rings is 1. The monoisotopic (exact) mass is 494 g/mol. The lowest BCUT2D eigenvalue weighted by molar-refractivity contribution is 0.224. The fourth-order valence-corrected chi connectivity index (χ4v) is 3.03. The number of hydrogen-bond acceptors (Lipinski definition) is 4. The van der Waals surface area contributed by atoms with E-state index in [9.17, 15) is 0 Å². The van der Waals surface area contributed by atoms with Crippen LogP contribution in [-0.2, 0) is 6.42 Å². The third-order valence-electron chi connectivity index (χ3n) is 3.25. The number of para-hydroxylation sites is 1. The first-order valence-electron chi connectivity index (χ1n) is 7.85. The van der Waals surface area contributed by atoms with Crippen LogP contribution in [0.5, 0.6) is 5.75 Å². The fourth-order valence-electron chi connectivity index (χ4n) is 2.06. The van der Waals surface area contributed by atoms with Crippen molar-refractivity contribution in [3.63, 3.8) is 0 Å². The van der Waals surface area contributed by atoms with Crippen LogP contribution in [0.2, 0.25) is 5.02 Å². The first kappa shape index (κ1) is 22.0. The molecule has 0 fully saturated rings. The number of nitrogens with zero attached hydrogens (tertiary/aromatic N) is 2. The molecule has 0 aliphatic heterocycles. The highest BCUT2D eigenvalue weighted by molar-refractivity contribution is 14.0. The molecular formula is C17H24ClIN4OS. The molecule has 0 spiro atoms. The van der Waals surface area contributed by atoms with E-state index in [1.807, 2.05) is 37.4 Å². The zero-order valence-electron chi connectivity index (χ0n) is 14.6. The van der Waals surface area contributed by atoms with Gasteiger partial charge in [-0.25, -0.2) is 4.98 Å². The molecule has 1 aromatic carbocycles. The predicted molar refractivity (Wildman–Crippen MR) is 117 cm³/mol. The van der Waals surface area contributed by atoms with Crippen molar-refractivity contribution in [1.29, 1.82) is 0 Å². The van der Waals surface area contributed by atoms with Gasteiger partial charge in [-0.15, -0.1) is 35.3 Å². The summed E-state index contributed by atoms with van der Waals surface area (Å²) < 4.78 is 5.83. The molecule has 1 unspecified atom stereocenters. The fraction of sp³-hybridized carbons (Fsp3) is 0.412. The average molecular weight is 495 g/mol. The number of guanidine groups is 1. The Kier molecular flexibility index (Phi) is 10.1. The van der Waals surface area contributed by atoms with Gasteiger partial charge in [0.15, 0.2) is 5.96 Å². The van der Waals surface area contributed by atoms with Gasteiger partial charge in [-0.2, -0.15) is 0 Å². The Hall–Kier alpha value is -1.06. The Morgan fingerprint density at radius 2 is 2.12 bits per heavy atom. The van der Waals surface area contributed by atoms with Gasteiger partial charge in [-0.3, -0.25) is 4.99 Å². The van der Waals surface area contributed by atoms with Crippen LogP contribution in [0.1, 0.15) is 16.8 Å². The van der Waals surface area contributed by atoms with Crippen LogP contribution in [0.25, 0.3) is 0 Å². The molecule has 2 aromatic rings. The van der Waals surface area contributed by atoms with Crippen LogP contribution >= 0.6 is 46.9 Å². The van der Waals surface area contributed by atoms with Crippen molar-refractivity contribution in [1.82, 2.24) is 15.6 Å². The van der Waals surface area contributed by atoms with Crippen LogP contribution in [0.3, 0.4) is 0 Å². The molecule has 2 rings (SSSR count). The van der Waals surface area contributed by atoms with E-state index in [1.165, 1.54) is 4.88 Å². The number of ether oxygens (including phenoxy) is 1. The van der Waals surface area contributed by atoms with E-state index in [-0.39, 0.29) is 30.1 Å². The first-order chi connectivity index (χ1) is 11.6. The van der Waals surface area contributed by atoms with E-state index in [0.717, 1.165) is 23.9 Å². The molecule has 0 bridgehead atoms. The number of halogens is 2. The molecule has 1 heterocycles. The summed E-state index contributed by atoms with van der Waals surface area (Å²) in [6, 6.07) is 7.47. The minimum absolute atomic E-state index is 0. The molecule has 138 valence electrons. The van der Waals surface area contributed by atoms with E-state index < -0.39 is 0 Å². The van der Waals surface area contributed by atoms with Crippen LogP contribution in [0.15, 0.2) is 35.5 Å². The zero-order chi connectivity index (χ0) is 17.4. The highest BCUT2D eigenvalue weighted by Crippen LogP contribution is 2.23. The smallest absolute Gasteiger partial charge is 0.191 e. The Balaban J connectivity index is 0.00000312. The van der Waals surface area contributed by atoms with Gasteiger partial charge < -0.3 is 15.4 Å². The maximum Gasteiger partial charge on any atom is 0.191 e. The molecule has 25 heavy (non-hydrogen) atoms. The van der Waals surface area contributed by atoms with Crippen molar-refractivity contribution in [3.05, 3.63) is 45.4 Å². The molecule has 1 aromatic heterocycles. The van der Waals surface area contributed by atoms with Gasteiger partial charge in [-0.1, -0.05) is 23.7 Å². The molecule has 1 atom stereocenters. The highest BCUT2D eigenvalue weighted by Gasteiger charge is 2.08. The van der Waals surface area contributed by atoms with Crippen LogP contribution in [0, 0.1) is 6.92 Å². The Bertz CT molecular complexity index is 680. The summed E-state index contributed by atoms with van der Waals surface area (Å²) in [4.78, 5) is 9.80. The molecule has 8 heteroatoms. The van der Waals surface area contributed by atoms with Crippen molar-refractivity contribution in [3.8, 4) is 5.75 Å². The van der Waals surface area contributed by atoms with Gasteiger partial charge in [-0.05, 0) is 26.0 Å². The Labute approximate surface area is 175 Å². The summed E-state index contributed by atoms with van der Waals surface area (Å²) in [5.41, 5.74) is 0. The number of aliphatic imine (C=N–C) groups is 1. The van der Waals surface area contributed by atoms with Crippen molar-refractivity contribution >= 4 is 52.9 Å². The molecule has 0 aliphatic carbocycles. The minimum atomic E-state index is -0.0370. The molecule has 0 saturated carbocycles. The maximum atomic E-state index is 6.10. The standard InChI is InChI=1S/C17H23ClN4OS.HI/c1-12(23-15-7-5-4-6-14(15)18)10-22-17(19-3)20-9-8-16-21-11-13(2)24-16;/h4-7,11-12H,8-10H2,1-3H3,(H2,19,20,22);1H. The van der Waals surface area contributed by atoms with E-state index in [1.54, 1.807) is 18.4 Å². The third kappa shape index (κ3) is 7.79. The Morgan fingerprint density at radius 3 is 2.76 bits per heavy atom. The molecule has 0 radical (unpaired) electrons. The molecule has 5 nitrogen and oxygen atoms in total. The number of nitrogens with one attached hydrogen (secondary N) is 2. The van der Waals surface area contributed by atoms with Crippen molar-refractivity contribution in [2.24, 2.45) is 4.99 Å². The minimum Gasteiger partial charge on any atom is -0.487 e. The van der Waals surface area contributed by atoms with Crippen LogP contribution < -0.4 is 15.4 Å². The normalized spacial score (nSPS) is 12.2. The largest absolute Gasteiger partial charge is 0.487 e. The average Bonchev–Trinajstić information content (AvgIpc) is 2.98. The first-order valence-corrected chi connectivity index (χ1v) is 9.05. The molecule has 0 saturated heterocycles. The van der Waals surface area contributed by atoms with Crippen LogP contribution in [-0.4, -0.2) is 37.2 Å². The highest BCUT2D eigenvalue weighted by atomic mass is 127. The molecule has 2 N–H and O–H groups in total. The van der Waals surface area contributed by atoms with Crippen molar-refractivity contribution in [2.45, 2.75) is 26.4 Å². The topological polar surface area (TPSA) is 58.5 Å². The summed E-state index contributed by atoms with van der Waals surface area (Å²) in [6.45, 7) is 5.46. The zero-order valence-corrected chi connectivity index (χ0v) is 18.5. The van der Waals surface area contributed by atoms with Gasteiger partial charge in [0.05, 0.1) is 16.6 Å². The second-order valence-electron chi connectivity index (χ2n) is 5.35. The van der Waals surface area contributed by atoms with Crippen molar-refractivity contribution in [2.75, 3.05) is 20.1 Å². The third-order valence-corrected chi connectivity index (χ3v) is 4.53. The van der Waals surface area contributed by atoms with Crippen molar-refractivity contribution < 1.29 is 4.74 Å². The predicted octanol–water partition coefficient (Wildman–Crippen LogP) is 3.90. The number of aryl methyl sites for hydroxylation is 1. The lowest BCUT2D eigenvalue weighted by Crippen LogP contribution is -2.42. The summed E-state index contributed by atoms with van der Waals surface area (Å²) in [7, 11) is 1.75. The summed E-state index contributed by atoms with van der Waals surface area (Å²) in [5.74, 6) is 1.44. The summed E-state index contributed by atoms with van der Waals surface area (Å²) in [5, 5.41) is 8.28. The van der Waals surface area contributed by atoms with Gasteiger partial charge in [0, 0.05) is 31.1 Å². The molecular weight excluding hydrogens is 471 g/mol. The lowest BCUT2D eigenvalue weighted by atomic mass is 10.3. The van der Waals surface area contributed by atoms with E-state index >= 15 is 0 Å². The second kappa shape index (κ2) is 11.5. The number of aromatic nitrogens is 1. The van der Waals surface area contributed by atoms with E-state index in [0.29, 0.717) is 17.3 Å². The second-order valence-corrected chi connectivity index (χ2v) is 7.08. The van der Waals surface area contributed by atoms with E-state index in [4.69, 9.17) is 16.3 Å². The lowest BCUT2D eigenvalue weighted by Gasteiger charge is -2.18. The number of benzene rings is 1. The number of hydrogen-bond donors (Lipinski definition) is 2. The summed E-state index contributed by atoms with van der Waals surface area (Å²) >= 11 is 7.82. The maximum absolute atomic E-state index is 6.10. The molecule has 0 amide bonds. The van der Waals surface area contributed by atoms with Gasteiger partial charge in [0.1, 0.15) is 11.9 Å². The Morgan fingerprint density at radius 1 is 1.36 bits per heavy atom. The van der Waals surface area contributed by atoms with Crippen LogP contribution in [0.4, 0.5) is 0 Å². The summed E-state index contributed by atoms with van der Waals surface area (Å²) in [6.07, 6.45) is 2.75. The van der Waals surface area contributed by atoms with E-state index in [2.05, 4.69) is 27.5 Å². The van der Waals surface area contributed by atoms with Gasteiger partial charge >= 0.3 is 0 Å². The van der Waals surface area contributed by atoms with Gasteiger partial charge in [0.2, 0.25) is 0 Å².